The standard InChI is InChI=1S/C10H13BrClF3O4S/c1-8(2)4(5(8)7(16)17)6(20(3,18)19)9(11,12)10(13,14)15/h4-6H,1-3H3,(H,16,17). The Morgan fingerprint density at radius 3 is 2.00 bits per heavy atom. The number of sulfone groups is 1. The lowest BCUT2D eigenvalue weighted by Crippen LogP contribution is -2.50. The van der Waals surface area contributed by atoms with Gasteiger partial charge >= 0.3 is 12.1 Å². The zero-order valence-corrected chi connectivity index (χ0v) is 13.9. The molecule has 0 heterocycles. The van der Waals surface area contributed by atoms with Crippen LogP contribution in [0.1, 0.15) is 13.8 Å². The summed E-state index contributed by atoms with van der Waals surface area (Å²) in [6.07, 6.45) is -4.43. The summed E-state index contributed by atoms with van der Waals surface area (Å²) in [5.41, 5.74) is -1.08. The maximum Gasteiger partial charge on any atom is 0.418 e. The molecule has 118 valence electrons. The predicted octanol–water partition coefficient (Wildman–Crippen LogP) is 2.65. The largest absolute Gasteiger partial charge is 0.481 e. The minimum Gasteiger partial charge on any atom is -0.481 e. The molecule has 0 amide bonds. The van der Waals surface area contributed by atoms with E-state index in [1.54, 1.807) is 0 Å². The molecule has 0 bridgehead atoms. The molecule has 0 spiro atoms. The van der Waals surface area contributed by atoms with Crippen molar-refractivity contribution >= 4 is 43.3 Å². The van der Waals surface area contributed by atoms with Crippen LogP contribution in [-0.4, -0.2) is 41.0 Å². The minimum atomic E-state index is -5.05. The molecule has 4 nitrogen and oxygen atoms in total. The number of carboxylic acid groups (broad SMARTS) is 1. The van der Waals surface area contributed by atoms with Crippen LogP contribution in [0.3, 0.4) is 0 Å². The highest BCUT2D eigenvalue weighted by Gasteiger charge is 2.74. The van der Waals surface area contributed by atoms with Gasteiger partial charge in [0.2, 0.25) is 3.78 Å². The Morgan fingerprint density at radius 1 is 1.40 bits per heavy atom. The van der Waals surface area contributed by atoms with Gasteiger partial charge in [0.05, 0.1) is 5.92 Å². The fourth-order valence-corrected chi connectivity index (χ4v) is 6.27. The molecule has 10 heteroatoms. The van der Waals surface area contributed by atoms with Crippen molar-refractivity contribution in [2.75, 3.05) is 6.26 Å². The number of rotatable bonds is 4. The molecule has 0 aromatic rings. The molecule has 1 aliphatic carbocycles. The molecule has 4 atom stereocenters. The summed E-state index contributed by atoms with van der Waals surface area (Å²) in [5, 5.41) is 6.92. The Hall–Kier alpha value is -0.0200. The lowest BCUT2D eigenvalue weighted by atomic mass is 10.1. The van der Waals surface area contributed by atoms with Crippen molar-refractivity contribution in [2.45, 2.75) is 29.1 Å². The average Bonchev–Trinajstić information content (AvgIpc) is 2.63. The first kappa shape index (κ1) is 18.0. The summed E-state index contributed by atoms with van der Waals surface area (Å²) in [6, 6.07) is 0. The second kappa shape index (κ2) is 4.74. The van der Waals surface area contributed by atoms with Crippen molar-refractivity contribution in [1.82, 2.24) is 0 Å². The number of carbonyl (C=O) groups is 1. The van der Waals surface area contributed by atoms with E-state index in [9.17, 15) is 26.4 Å². The van der Waals surface area contributed by atoms with Gasteiger partial charge in [-0.3, -0.25) is 4.79 Å². The molecule has 1 N–H and O–H groups in total. The molecule has 0 saturated heterocycles. The minimum absolute atomic E-state index is 0.620. The summed E-state index contributed by atoms with van der Waals surface area (Å²) in [5.74, 6) is -3.76. The highest BCUT2D eigenvalue weighted by Crippen LogP contribution is 2.65. The van der Waals surface area contributed by atoms with E-state index in [0.717, 1.165) is 0 Å². The first-order valence-corrected chi connectivity index (χ1v) is 8.55. The molecule has 1 rings (SSSR count). The maximum absolute atomic E-state index is 13.0. The van der Waals surface area contributed by atoms with Crippen LogP contribution in [0.15, 0.2) is 0 Å². The molecule has 0 aliphatic heterocycles. The summed E-state index contributed by atoms with van der Waals surface area (Å²) >= 11 is 7.66. The van der Waals surface area contributed by atoms with Gasteiger partial charge in [-0.15, -0.1) is 0 Å². The SMILES string of the molecule is CC1(C)C(C(=O)O)C1C(C(Cl)(Br)C(F)(F)F)S(C)(=O)=O. The number of hydrogen-bond acceptors (Lipinski definition) is 3. The molecular weight excluding hydrogens is 389 g/mol. The number of carboxylic acids is 1. The quantitative estimate of drug-likeness (QED) is 0.735. The van der Waals surface area contributed by atoms with E-state index >= 15 is 0 Å². The normalized spacial score (nSPS) is 30.4. The Morgan fingerprint density at radius 2 is 1.80 bits per heavy atom. The van der Waals surface area contributed by atoms with E-state index in [-0.39, 0.29) is 0 Å². The number of halogens is 5. The molecule has 20 heavy (non-hydrogen) atoms. The molecule has 0 aromatic carbocycles. The van der Waals surface area contributed by atoms with E-state index < -0.39 is 48.3 Å². The van der Waals surface area contributed by atoms with Gasteiger partial charge in [0.1, 0.15) is 5.25 Å². The third-order valence-electron chi connectivity index (χ3n) is 3.70. The molecule has 1 fully saturated rings. The van der Waals surface area contributed by atoms with E-state index in [0.29, 0.717) is 6.26 Å². The van der Waals surface area contributed by atoms with Crippen molar-refractivity contribution in [3.05, 3.63) is 0 Å². The number of aliphatic carboxylic acids is 1. The van der Waals surface area contributed by atoms with Crippen LogP contribution < -0.4 is 0 Å². The van der Waals surface area contributed by atoms with Crippen LogP contribution in [0.4, 0.5) is 13.2 Å². The van der Waals surface area contributed by atoms with E-state index in [1.807, 2.05) is 0 Å². The van der Waals surface area contributed by atoms with Gasteiger partial charge in [0, 0.05) is 6.26 Å². The zero-order chi connectivity index (χ0) is 16.3. The van der Waals surface area contributed by atoms with Crippen LogP contribution in [0.2, 0.25) is 0 Å². The number of alkyl halides is 5. The van der Waals surface area contributed by atoms with Crippen molar-refractivity contribution < 1.29 is 31.5 Å². The Labute approximate surface area is 127 Å². The summed E-state index contributed by atoms with van der Waals surface area (Å²) < 4.78 is 59.3. The first-order chi connectivity index (χ1) is 8.56. The van der Waals surface area contributed by atoms with Gasteiger partial charge in [-0.05, 0) is 11.3 Å². The van der Waals surface area contributed by atoms with Crippen LogP contribution >= 0.6 is 27.5 Å². The third kappa shape index (κ3) is 2.81. The van der Waals surface area contributed by atoms with Gasteiger partial charge in [-0.2, -0.15) is 13.2 Å². The van der Waals surface area contributed by atoms with Crippen molar-refractivity contribution in [2.24, 2.45) is 17.3 Å². The second-order valence-corrected chi connectivity index (χ2v) is 10.0. The lowest BCUT2D eigenvalue weighted by molar-refractivity contribution is -0.142. The van der Waals surface area contributed by atoms with E-state index in [1.165, 1.54) is 13.8 Å². The molecular formula is C10H13BrClF3O4S. The Balaban J connectivity index is 3.37. The van der Waals surface area contributed by atoms with Crippen LogP contribution in [0, 0.1) is 17.3 Å². The van der Waals surface area contributed by atoms with Gasteiger partial charge < -0.3 is 5.11 Å². The topological polar surface area (TPSA) is 71.4 Å². The number of hydrogen-bond donors (Lipinski definition) is 1. The average molecular weight is 402 g/mol. The smallest absolute Gasteiger partial charge is 0.418 e. The molecule has 1 saturated carbocycles. The second-order valence-electron chi connectivity index (χ2n) is 5.53. The van der Waals surface area contributed by atoms with Crippen molar-refractivity contribution in [3.8, 4) is 0 Å². The Bertz CT molecular complexity index is 529. The first-order valence-electron chi connectivity index (χ1n) is 5.42. The summed E-state index contributed by atoms with van der Waals surface area (Å²) in [7, 11) is -4.24. The monoisotopic (exact) mass is 400 g/mol. The molecule has 0 radical (unpaired) electrons. The third-order valence-corrected chi connectivity index (χ3v) is 7.09. The molecule has 0 aromatic heterocycles. The van der Waals surface area contributed by atoms with Crippen molar-refractivity contribution in [3.63, 3.8) is 0 Å². The van der Waals surface area contributed by atoms with Gasteiger partial charge in [-0.25, -0.2) is 8.42 Å². The summed E-state index contributed by atoms with van der Waals surface area (Å²) in [4.78, 5) is 11.1. The highest BCUT2D eigenvalue weighted by atomic mass is 79.9. The molecule has 1 aliphatic rings. The van der Waals surface area contributed by atoms with Crippen LogP contribution in [0.5, 0.6) is 0 Å². The van der Waals surface area contributed by atoms with Crippen LogP contribution in [0.25, 0.3) is 0 Å². The van der Waals surface area contributed by atoms with Gasteiger partial charge in [-0.1, -0.05) is 41.4 Å². The molecule has 4 unspecified atom stereocenters. The Kier molecular flexibility index (Phi) is 4.27. The zero-order valence-electron chi connectivity index (χ0n) is 10.7. The highest BCUT2D eigenvalue weighted by molar-refractivity contribution is 9.10. The van der Waals surface area contributed by atoms with Crippen molar-refractivity contribution in [1.29, 1.82) is 0 Å². The summed E-state index contributed by atoms with van der Waals surface area (Å²) in [6.45, 7) is 2.82. The fourth-order valence-electron chi connectivity index (χ4n) is 2.64. The van der Waals surface area contributed by atoms with Gasteiger partial charge in [0.15, 0.2) is 9.84 Å². The predicted molar refractivity (Wildman–Crippen MR) is 70.6 cm³/mol. The van der Waals surface area contributed by atoms with Gasteiger partial charge in [0.25, 0.3) is 0 Å². The van der Waals surface area contributed by atoms with E-state index in [2.05, 4.69) is 15.9 Å². The maximum atomic E-state index is 13.0. The van der Waals surface area contributed by atoms with E-state index in [4.69, 9.17) is 16.7 Å². The van der Waals surface area contributed by atoms with Crippen LogP contribution in [-0.2, 0) is 14.6 Å². The lowest BCUT2D eigenvalue weighted by Gasteiger charge is -2.31. The fraction of sp³-hybridized carbons (Fsp3) is 0.900.